The first kappa shape index (κ1) is 13.8. The molecule has 0 aliphatic carbocycles. The van der Waals surface area contributed by atoms with Crippen LogP contribution in [0.4, 0.5) is 5.82 Å². The second-order valence-corrected chi connectivity index (χ2v) is 6.23. The van der Waals surface area contributed by atoms with Gasteiger partial charge in [0.1, 0.15) is 16.6 Å². The third-order valence-corrected chi connectivity index (χ3v) is 4.47. The van der Waals surface area contributed by atoms with E-state index >= 15 is 0 Å². The van der Waals surface area contributed by atoms with Gasteiger partial charge in [0, 0.05) is 23.2 Å². The molecule has 0 radical (unpaired) electrons. The Labute approximate surface area is 127 Å². The summed E-state index contributed by atoms with van der Waals surface area (Å²) in [4.78, 5) is 8.88. The van der Waals surface area contributed by atoms with E-state index in [1.54, 1.807) is 18.4 Å². The van der Waals surface area contributed by atoms with Crippen molar-refractivity contribution in [1.29, 1.82) is 0 Å². The molecule has 21 heavy (non-hydrogen) atoms. The molecule has 0 aliphatic heterocycles. The van der Waals surface area contributed by atoms with Crippen molar-refractivity contribution in [1.82, 2.24) is 9.97 Å². The first-order chi connectivity index (χ1) is 10.1. The zero-order valence-corrected chi connectivity index (χ0v) is 13.1. The molecule has 0 saturated heterocycles. The Kier molecular flexibility index (Phi) is 3.51. The maximum Gasteiger partial charge on any atom is 0.134 e. The molecular weight excluding hydrogens is 282 g/mol. The van der Waals surface area contributed by atoms with Crippen LogP contribution in [0.5, 0.6) is 5.75 Å². The van der Waals surface area contributed by atoms with Crippen molar-refractivity contribution >= 4 is 27.9 Å². The van der Waals surface area contributed by atoms with Gasteiger partial charge in [-0.25, -0.2) is 9.97 Å². The quantitative estimate of drug-likeness (QED) is 0.789. The molecule has 0 saturated carbocycles. The van der Waals surface area contributed by atoms with Crippen molar-refractivity contribution in [3.63, 3.8) is 0 Å². The van der Waals surface area contributed by atoms with Crippen molar-refractivity contribution in [3.8, 4) is 5.75 Å². The smallest absolute Gasteiger partial charge is 0.134 e. The molecule has 3 aromatic rings. The number of aromatic nitrogens is 2. The van der Waals surface area contributed by atoms with Crippen molar-refractivity contribution in [2.24, 2.45) is 0 Å². The Hall–Kier alpha value is -2.14. The van der Waals surface area contributed by atoms with Crippen LogP contribution in [-0.4, -0.2) is 17.1 Å². The summed E-state index contributed by atoms with van der Waals surface area (Å²) in [5.41, 5.74) is -0.268. The summed E-state index contributed by atoms with van der Waals surface area (Å²) in [5.74, 6) is 1.70. The molecule has 108 valence electrons. The molecule has 0 atom stereocenters. The minimum atomic E-state index is -0.268. The van der Waals surface area contributed by atoms with Crippen molar-refractivity contribution in [2.45, 2.75) is 19.4 Å². The van der Waals surface area contributed by atoms with Gasteiger partial charge >= 0.3 is 0 Å². The van der Waals surface area contributed by atoms with E-state index in [0.717, 1.165) is 27.3 Å². The number of rotatable bonds is 4. The monoisotopic (exact) mass is 299 g/mol. The summed E-state index contributed by atoms with van der Waals surface area (Å²) >= 11 is 1.64. The van der Waals surface area contributed by atoms with Gasteiger partial charge < -0.3 is 10.1 Å². The summed E-state index contributed by atoms with van der Waals surface area (Å²) in [6.07, 6.45) is 3.63. The lowest BCUT2D eigenvalue weighted by Gasteiger charge is -2.25. The van der Waals surface area contributed by atoms with Gasteiger partial charge in [-0.3, -0.25) is 0 Å². The highest BCUT2D eigenvalue weighted by molar-refractivity contribution is 7.09. The van der Waals surface area contributed by atoms with E-state index in [9.17, 15) is 0 Å². The minimum Gasteiger partial charge on any atom is -0.497 e. The van der Waals surface area contributed by atoms with E-state index in [2.05, 4.69) is 29.1 Å². The van der Waals surface area contributed by atoms with E-state index in [1.165, 1.54) is 0 Å². The van der Waals surface area contributed by atoms with Gasteiger partial charge in [-0.2, -0.15) is 0 Å². The molecule has 0 fully saturated rings. The fourth-order valence-corrected chi connectivity index (χ4v) is 2.98. The number of anilines is 1. The highest BCUT2D eigenvalue weighted by atomic mass is 32.1. The van der Waals surface area contributed by atoms with Gasteiger partial charge in [0.25, 0.3) is 0 Å². The molecule has 0 amide bonds. The Morgan fingerprint density at radius 2 is 2.00 bits per heavy atom. The maximum absolute atomic E-state index is 5.27. The Morgan fingerprint density at radius 3 is 2.71 bits per heavy atom. The first-order valence-corrected chi connectivity index (χ1v) is 7.59. The Morgan fingerprint density at radius 1 is 1.14 bits per heavy atom. The molecule has 2 aromatic heterocycles. The molecule has 0 aliphatic rings. The predicted octanol–water partition coefficient (Wildman–Crippen LogP) is 4.05. The first-order valence-electron chi connectivity index (χ1n) is 6.71. The molecule has 0 spiro atoms. The molecule has 0 bridgehead atoms. The number of methoxy groups -OCH3 is 1. The normalized spacial score (nSPS) is 11.6. The molecule has 5 heteroatoms. The number of nitrogens with one attached hydrogen (secondary N) is 1. The molecular formula is C16H17N3OS. The third-order valence-electron chi connectivity index (χ3n) is 3.37. The van der Waals surface area contributed by atoms with Crippen LogP contribution in [0.1, 0.15) is 18.9 Å². The van der Waals surface area contributed by atoms with Crippen LogP contribution in [0.3, 0.4) is 0 Å². The number of benzene rings is 1. The average molecular weight is 299 g/mol. The SMILES string of the molecule is COc1ccc2c(NC(C)(C)c3nccs3)nccc2c1. The van der Waals surface area contributed by atoms with E-state index < -0.39 is 0 Å². The molecule has 1 aromatic carbocycles. The van der Waals surface area contributed by atoms with Crippen molar-refractivity contribution < 1.29 is 4.74 Å². The van der Waals surface area contributed by atoms with Crippen LogP contribution >= 0.6 is 11.3 Å². The summed E-state index contributed by atoms with van der Waals surface area (Å²) in [6, 6.07) is 7.98. The molecule has 0 unspecified atom stereocenters. The van der Waals surface area contributed by atoms with E-state index in [4.69, 9.17) is 4.74 Å². The largest absolute Gasteiger partial charge is 0.497 e. The van der Waals surface area contributed by atoms with Gasteiger partial charge in [0.2, 0.25) is 0 Å². The fourth-order valence-electron chi connectivity index (χ4n) is 2.26. The lowest BCUT2D eigenvalue weighted by atomic mass is 10.1. The highest BCUT2D eigenvalue weighted by Crippen LogP contribution is 2.31. The number of thiazole rings is 1. The fraction of sp³-hybridized carbons (Fsp3) is 0.250. The maximum atomic E-state index is 5.27. The van der Waals surface area contributed by atoms with E-state index in [-0.39, 0.29) is 5.54 Å². The van der Waals surface area contributed by atoms with Crippen LogP contribution in [0.2, 0.25) is 0 Å². The van der Waals surface area contributed by atoms with Crippen LogP contribution in [0.15, 0.2) is 42.0 Å². The van der Waals surface area contributed by atoms with Gasteiger partial charge in [-0.15, -0.1) is 11.3 Å². The summed E-state index contributed by atoms with van der Waals surface area (Å²) in [6.45, 7) is 4.21. The Bertz CT molecular complexity index is 753. The summed E-state index contributed by atoms with van der Waals surface area (Å²) < 4.78 is 5.27. The third kappa shape index (κ3) is 2.69. The number of hydrogen-bond acceptors (Lipinski definition) is 5. The predicted molar refractivity (Wildman–Crippen MR) is 87.1 cm³/mol. The number of nitrogens with zero attached hydrogens (tertiary/aromatic N) is 2. The van der Waals surface area contributed by atoms with Gasteiger partial charge in [-0.05, 0) is 43.5 Å². The number of fused-ring (bicyclic) bond motifs is 1. The molecule has 1 N–H and O–H groups in total. The highest BCUT2D eigenvalue weighted by Gasteiger charge is 2.24. The van der Waals surface area contributed by atoms with Gasteiger partial charge in [0.15, 0.2) is 0 Å². The van der Waals surface area contributed by atoms with Crippen LogP contribution in [0.25, 0.3) is 10.8 Å². The number of hydrogen-bond donors (Lipinski definition) is 1. The van der Waals surface area contributed by atoms with E-state index in [1.807, 2.05) is 42.0 Å². The number of pyridine rings is 1. The lowest BCUT2D eigenvalue weighted by molar-refractivity contribution is 0.415. The van der Waals surface area contributed by atoms with Crippen LogP contribution in [0, 0.1) is 0 Å². The average Bonchev–Trinajstić information content (AvgIpc) is 3.02. The Balaban J connectivity index is 2.01. The second-order valence-electron chi connectivity index (χ2n) is 5.33. The summed E-state index contributed by atoms with van der Waals surface area (Å²) in [7, 11) is 1.67. The minimum absolute atomic E-state index is 0.268. The molecule has 2 heterocycles. The lowest BCUT2D eigenvalue weighted by Crippen LogP contribution is -2.28. The zero-order valence-electron chi connectivity index (χ0n) is 12.3. The van der Waals surface area contributed by atoms with Crippen LogP contribution in [-0.2, 0) is 5.54 Å². The standard InChI is InChI=1S/C16H17N3OS/c1-16(2,15-18-8-9-21-15)19-14-13-5-4-12(20-3)10-11(13)6-7-17-14/h4-10H,1-3H3,(H,17,19). The van der Waals surface area contributed by atoms with Gasteiger partial charge in [0.05, 0.1) is 12.6 Å². The number of ether oxygens (including phenoxy) is 1. The van der Waals surface area contributed by atoms with Gasteiger partial charge in [-0.1, -0.05) is 0 Å². The van der Waals surface area contributed by atoms with Crippen LogP contribution < -0.4 is 10.1 Å². The summed E-state index contributed by atoms with van der Waals surface area (Å²) in [5, 5.41) is 8.69. The topological polar surface area (TPSA) is 47.0 Å². The van der Waals surface area contributed by atoms with E-state index in [0.29, 0.717) is 0 Å². The molecule has 4 nitrogen and oxygen atoms in total. The van der Waals surface area contributed by atoms with Crippen molar-refractivity contribution in [2.75, 3.05) is 12.4 Å². The molecule has 3 rings (SSSR count). The second kappa shape index (κ2) is 5.33. The zero-order chi connectivity index (χ0) is 14.9. The van der Waals surface area contributed by atoms with Crippen molar-refractivity contribution in [3.05, 3.63) is 47.0 Å².